The first-order chi connectivity index (χ1) is 11.7. The van der Waals surface area contributed by atoms with Crippen molar-refractivity contribution < 1.29 is 19.1 Å². The lowest BCUT2D eigenvalue weighted by Crippen LogP contribution is -2.46. The predicted octanol–water partition coefficient (Wildman–Crippen LogP) is 2.41. The Bertz CT molecular complexity index is 653. The summed E-state index contributed by atoms with van der Waals surface area (Å²) >= 11 is 0. The first-order valence-corrected chi connectivity index (χ1v) is 7.57. The van der Waals surface area contributed by atoms with E-state index in [-0.39, 0.29) is 32.2 Å². The molecule has 0 heterocycles. The molecule has 0 radical (unpaired) electrons. The lowest BCUT2D eigenvalue weighted by atomic mass is 10.2. The summed E-state index contributed by atoms with van der Waals surface area (Å²) in [6, 6.07) is 17.5. The molecule has 0 saturated heterocycles. The summed E-state index contributed by atoms with van der Waals surface area (Å²) in [7, 11) is 0. The summed E-state index contributed by atoms with van der Waals surface area (Å²) in [6.45, 7) is 0.161. The van der Waals surface area contributed by atoms with Gasteiger partial charge in [-0.15, -0.1) is 12.4 Å². The molecule has 2 aromatic carbocycles. The number of halogens is 1. The van der Waals surface area contributed by atoms with Gasteiger partial charge in [0.05, 0.1) is 0 Å². The number of ether oxygens (including phenoxy) is 2. The van der Waals surface area contributed by atoms with E-state index in [1.54, 1.807) is 0 Å². The third kappa shape index (κ3) is 7.24. The lowest BCUT2D eigenvalue weighted by molar-refractivity contribution is -0.147. The molecule has 0 aliphatic carbocycles. The third-order valence-electron chi connectivity index (χ3n) is 3.25. The molecule has 3 N–H and O–H groups in total. The standard InChI is InChI=1S/C18H20N2O4.ClH/c19-11-16(17(21)23-12-14-7-3-1-4-8-14)20-18(22)24-13-15-9-5-2-6-10-15;/h1-10,16H,11-13,19H2,(H,20,22);1H/t16-;/m0./s1. The first-order valence-electron chi connectivity index (χ1n) is 7.57. The molecule has 2 aromatic rings. The summed E-state index contributed by atoms with van der Waals surface area (Å²) in [4.78, 5) is 23.8. The van der Waals surface area contributed by atoms with E-state index < -0.39 is 18.1 Å². The number of nitrogens with two attached hydrogens (primary N) is 1. The molecular weight excluding hydrogens is 344 g/mol. The number of amides is 1. The molecular formula is C18H21ClN2O4. The van der Waals surface area contributed by atoms with Gasteiger partial charge in [-0.3, -0.25) is 0 Å². The average Bonchev–Trinajstić information content (AvgIpc) is 2.64. The van der Waals surface area contributed by atoms with Gasteiger partial charge < -0.3 is 20.5 Å². The minimum absolute atomic E-state index is 0. The monoisotopic (exact) mass is 364 g/mol. The van der Waals surface area contributed by atoms with Crippen LogP contribution in [0.5, 0.6) is 0 Å². The van der Waals surface area contributed by atoms with Crippen molar-refractivity contribution in [1.82, 2.24) is 5.32 Å². The second kappa shape index (κ2) is 11.1. The maximum atomic E-state index is 12.0. The first kappa shape index (κ1) is 20.5. The summed E-state index contributed by atoms with van der Waals surface area (Å²) in [5, 5.41) is 2.41. The number of benzene rings is 2. The largest absolute Gasteiger partial charge is 0.459 e. The van der Waals surface area contributed by atoms with Gasteiger partial charge in [0.2, 0.25) is 0 Å². The summed E-state index contributed by atoms with van der Waals surface area (Å²) < 4.78 is 10.2. The van der Waals surface area contributed by atoms with Gasteiger partial charge in [0.15, 0.2) is 0 Å². The lowest BCUT2D eigenvalue weighted by Gasteiger charge is -2.16. The molecule has 0 aliphatic rings. The van der Waals surface area contributed by atoms with Gasteiger partial charge in [-0.1, -0.05) is 60.7 Å². The zero-order chi connectivity index (χ0) is 17.2. The van der Waals surface area contributed by atoms with E-state index in [2.05, 4.69) is 5.32 Å². The van der Waals surface area contributed by atoms with Gasteiger partial charge in [0.25, 0.3) is 0 Å². The van der Waals surface area contributed by atoms with Crippen LogP contribution >= 0.6 is 12.4 Å². The molecule has 1 amide bonds. The second-order valence-corrected chi connectivity index (χ2v) is 5.09. The molecule has 1 atom stereocenters. The summed E-state index contributed by atoms with van der Waals surface area (Å²) in [5.74, 6) is -0.599. The topological polar surface area (TPSA) is 90.6 Å². The molecule has 0 unspecified atom stereocenters. The molecule has 6 nitrogen and oxygen atoms in total. The minimum atomic E-state index is -0.947. The molecule has 0 bridgehead atoms. The van der Waals surface area contributed by atoms with E-state index in [4.69, 9.17) is 15.2 Å². The van der Waals surface area contributed by atoms with Crippen molar-refractivity contribution >= 4 is 24.5 Å². The van der Waals surface area contributed by atoms with E-state index in [9.17, 15) is 9.59 Å². The van der Waals surface area contributed by atoms with E-state index >= 15 is 0 Å². The van der Waals surface area contributed by atoms with Crippen molar-refractivity contribution in [3.05, 3.63) is 71.8 Å². The zero-order valence-corrected chi connectivity index (χ0v) is 14.4. The Morgan fingerprint density at radius 1 is 0.880 bits per heavy atom. The smallest absolute Gasteiger partial charge is 0.408 e. The van der Waals surface area contributed by atoms with Crippen LogP contribution in [-0.2, 0) is 27.5 Å². The molecule has 25 heavy (non-hydrogen) atoms. The highest BCUT2D eigenvalue weighted by molar-refractivity contribution is 5.85. The summed E-state index contributed by atoms with van der Waals surface area (Å²) in [6.07, 6.45) is -0.717. The van der Waals surface area contributed by atoms with Crippen LogP contribution in [0.15, 0.2) is 60.7 Å². The van der Waals surface area contributed by atoms with Crippen LogP contribution in [0.1, 0.15) is 11.1 Å². The normalized spacial score (nSPS) is 10.9. The van der Waals surface area contributed by atoms with Crippen LogP contribution in [-0.4, -0.2) is 24.6 Å². The van der Waals surface area contributed by atoms with Crippen molar-refractivity contribution in [3.8, 4) is 0 Å². The van der Waals surface area contributed by atoms with Gasteiger partial charge in [0.1, 0.15) is 19.3 Å². The number of rotatable bonds is 7. The van der Waals surface area contributed by atoms with Gasteiger partial charge in [-0.2, -0.15) is 0 Å². The number of nitrogens with one attached hydrogen (secondary N) is 1. The highest BCUT2D eigenvalue weighted by Crippen LogP contribution is 2.03. The number of carbonyl (C=O) groups is 2. The van der Waals surface area contributed by atoms with Crippen molar-refractivity contribution in [2.45, 2.75) is 19.3 Å². The Kier molecular flexibility index (Phi) is 9.06. The quantitative estimate of drug-likeness (QED) is 0.736. The Balaban J connectivity index is 0.00000312. The van der Waals surface area contributed by atoms with Crippen LogP contribution in [0.3, 0.4) is 0 Å². The number of esters is 1. The van der Waals surface area contributed by atoms with Crippen molar-refractivity contribution in [1.29, 1.82) is 0 Å². The zero-order valence-electron chi connectivity index (χ0n) is 13.6. The van der Waals surface area contributed by atoms with Crippen molar-refractivity contribution in [2.24, 2.45) is 5.73 Å². The average molecular weight is 365 g/mol. The number of alkyl carbamates (subject to hydrolysis) is 1. The molecule has 2 rings (SSSR count). The van der Waals surface area contributed by atoms with E-state index in [1.165, 1.54) is 0 Å². The van der Waals surface area contributed by atoms with Crippen molar-refractivity contribution in [3.63, 3.8) is 0 Å². The van der Waals surface area contributed by atoms with Crippen LogP contribution in [0.4, 0.5) is 4.79 Å². The van der Waals surface area contributed by atoms with Gasteiger partial charge >= 0.3 is 12.1 Å². The maximum Gasteiger partial charge on any atom is 0.408 e. The van der Waals surface area contributed by atoms with E-state index in [0.717, 1.165) is 11.1 Å². The Morgan fingerprint density at radius 3 is 1.84 bits per heavy atom. The Hall–Kier alpha value is -2.57. The fourth-order valence-electron chi connectivity index (χ4n) is 1.95. The molecule has 0 spiro atoms. The Morgan fingerprint density at radius 2 is 1.36 bits per heavy atom. The number of carbonyl (C=O) groups excluding carboxylic acids is 2. The van der Waals surface area contributed by atoms with Gasteiger partial charge in [-0.05, 0) is 11.1 Å². The van der Waals surface area contributed by atoms with E-state index in [0.29, 0.717) is 0 Å². The molecule has 0 aliphatic heterocycles. The van der Waals surface area contributed by atoms with E-state index in [1.807, 2.05) is 60.7 Å². The molecule has 0 saturated carbocycles. The maximum absolute atomic E-state index is 12.0. The minimum Gasteiger partial charge on any atom is -0.459 e. The van der Waals surface area contributed by atoms with Crippen LogP contribution in [0.2, 0.25) is 0 Å². The van der Waals surface area contributed by atoms with Gasteiger partial charge in [-0.25, -0.2) is 9.59 Å². The molecule has 0 fully saturated rings. The molecule has 134 valence electrons. The van der Waals surface area contributed by atoms with Gasteiger partial charge in [0, 0.05) is 6.54 Å². The third-order valence-corrected chi connectivity index (χ3v) is 3.25. The highest BCUT2D eigenvalue weighted by atomic mass is 35.5. The van der Waals surface area contributed by atoms with Crippen LogP contribution in [0.25, 0.3) is 0 Å². The highest BCUT2D eigenvalue weighted by Gasteiger charge is 2.21. The predicted molar refractivity (Wildman–Crippen MR) is 96.1 cm³/mol. The molecule has 7 heteroatoms. The van der Waals surface area contributed by atoms with Crippen molar-refractivity contribution in [2.75, 3.05) is 6.54 Å². The second-order valence-electron chi connectivity index (χ2n) is 5.09. The van der Waals surface area contributed by atoms with Crippen LogP contribution < -0.4 is 11.1 Å². The fourth-order valence-corrected chi connectivity index (χ4v) is 1.95. The summed E-state index contributed by atoms with van der Waals surface area (Å²) in [5.41, 5.74) is 7.23. The Labute approximate surface area is 152 Å². The fraction of sp³-hybridized carbons (Fsp3) is 0.222. The number of hydrogen-bond acceptors (Lipinski definition) is 5. The molecule has 0 aromatic heterocycles. The SMILES string of the molecule is Cl.NC[C@H](NC(=O)OCc1ccccc1)C(=O)OCc1ccccc1. The van der Waals surface area contributed by atoms with Crippen LogP contribution in [0, 0.1) is 0 Å². The number of hydrogen-bond donors (Lipinski definition) is 2.